The Balaban J connectivity index is 1.67. The molecule has 184 valence electrons. The van der Waals surface area contributed by atoms with Crippen LogP contribution in [0.15, 0.2) is 47.0 Å². The molecule has 2 aromatic carbocycles. The number of halogens is 1. The van der Waals surface area contributed by atoms with Gasteiger partial charge in [-0.25, -0.2) is 0 Å². The van der Waals surface area contributed by atoms with Crippen molar-refractivity contribution in [2.24, 2.45) is 11.3 Å². The van der Waals surface area contributed by atoms with Gasteiger partial charge in [-0.3, -0.25) is 9.59 Å². The molecular weight excluding hydrogens is 466 g/mol. The highest BCUT2D eigenvalue weighted by Crippen LogP contribution is 2.39. The minimum Gasteiger partial charge on any atom is -0.490 e. The van der Waals surface area contributed by atoms with Crippen molar-refractivity contribution in [3.05, 3.63) is 58.8 Å². The molecule has 4 rings (SSSR count). The van der Waals surface area contributed by atoms with Crippen LogP contribution in [0, 0.1) is 18.3 Å². The summed E-state index contributed by atoms with van der Waals surface area (Å²) in [7, 11) is 0. The van der Waals surface area contributed by atoms with Gasteiger partial charge in [0.15, 0.2) is 0 Å². The molecule has 0 saturated carbocycles. The Hall–Kier alpha value is -3.32. The van der Waals surface area contributed by atoms with E-state index in [4.69, 9.17) is 20.9 Å². The summed E-state index contributed by atoms with van der Waals surface area (Å²) in [4.78, 5) is 28.5. The number of carbonyl (C=O) groups excluding carboxylic acids is 2. The summed E-state index contributed by atoms with van der Waals surface area (Å²) in [5, 5.41) is 7.48. The van der Waals surface area contributed by atoms with Gasteiger partial charge in [-0.05, 0) is 57.4 Å². The first-order valence-electron chi connectivity index (χ1n) is 11.7. The van der Waals surface area contributed by atoms with Gasteiger partial charge in [-0.1, -0.05) is 48.8 Å². The summed E-state index contributed by atoms with van der Waals surface area (Å²) in [6, 6.07) is 12.5. The Bertz CT molecular complexity index is 1270. The third-order valence-electron chi connectivity index (χ3n) is 6.07. The van der Waals surface area contributed by atoms with E-state index in [9.17, 15) is 9.59 Å². The Morgan fingerprint density at radius 2 is 1.97 bits per heavy atom. The van der Waals surface area contributed by atoms with E-state index in [2.05, 4.69) is 24.3 Å². The average Bonchev–Trinajstić information content (AvgIpc) is 3.15. The molecule has 0 spiro atoms. The van der Waals surface area contributed by atoms with Crippen molar-refractivity contribution < 1.29 is 18.8 Å². The quantitative estimate of drug-likeness (QED) is 0.430. The van der Waals surface area contributed by atoms with Crippen LogP contribution in [0.25, 0.3) is 11.3 Å². The molecule has 0 bridgehead atoms. The fraction of sp³-hybridized carbons (Fsp3) is 0.370. The summed E-state index contributed by atoms with van der Waals surface area (Å²) >= 11 is 6.34. The van der Waals surface area contributed by atoms with E-state index in [-0.39, 0.29) is 18.4 Å². The topological polar surface area (TPSA) is 84.7 Å². The molecule has 0 fully saturated rings. The van der Waals surface area contributed by atoms with Crippen LogP contribution in [0.2, 0.25) is 5.02 Å². The van der Waals surface area contributed by atoms with Gasteiger partial charge in [-0.2, -0.15) is 0 Å². The Kier molecular flexibility index (Phi) is 6.90. The molecule has 0 aliphatic carbocycles. The smallest absolute Gasteiger partial charge is 0.261 e. The highest BCUT2D eigenvalue weighted by molar-refractivity contribution is 6.33. The molecule has 0 saturated heterocycles. The van der Waals surface area contributed by atoms with Gasteiger partial charge in [-0.15, -0.1) is 0 Å². The van der Waals surface area contributed by atoms with Crippen LogP contribution in [-0.4, -0.2) is 30.1 Å². The summed E-state index contributed by atoms with van der Waals surface area (Å²) in [6.07, 6.45) is 0.846. The van der Waals surface area contributed by atoms with Gasteiger partial charge in [0.1, 0.15) is 29.4 Å². The van der Waals surface area contributed by atoms with Gasteiger partial charge >= 0.3 is 0 Å². The molecule has 0 unspecified atom stereocenters. The van der Waals surface area contributed by atoms with Gasteiger partial charge < -0.3 is 19.5 Å². The Labute approximate surface area is 210 Å². The Morgan fingerprint density at radius 1 is 1.23 bits per heavy atom. The van der Waals surface area contributed by atoms with Crippen LogP contribution in [0.3, 0.4) is 0 Å². The van der Waals surface area contributed by atoms with E-state index < -0.39 is 5.41 Å². The number of hydrogen-bond donors (Lipinski definition) is 1. The van der Waals surface area contributed by atoms with E-state index in [1.807, 2.05) is 26.0 Å². The van der Waals surface area contributed by atoms with Crippen LogP contribution >= 0.6 is 11.6 Å². The number of ether oxygens (including phenoxy) is 1. The zero-order valence-corrected chi connectivity index (χ0v) is 21.4. The van der Waals surface area contributed by atoms with Crippen molar-refractivity contribution in [1.29, 1.82) is 0 Å². The number of fused-ring (bicyclic) bond motifs is 1. The standard InChI is InChI=1S/C27H30ClN3O4/c1-16(2)12-13-31-21-14-18(10-11-22(21)34-15-27(4,5)26(31)33)29-25(32)23-17(3)35-30-24(23)19-8-6-7-9-20(19)28/h6-11,14,16H,12-13,15H2,1-5H3,(H,29,32). The van der Waals surface area contributed by atoms with Crippen LogP contribution in [0.5, 0.6) is 5.75 Å². The molecule has 35 heavy (non-hydrogen) atoms. The number of hydrogen-bond acceptors (Lipinski definition) is 5. The third kappa shape index (κ3) is 5.05. The summed E-state index contributed by atoms with van der Waals surface area (Å²) in [5.74, 6) is 1.04. The van der Waals surface area contributed by atoms with Crippen molar-refractivity contribution in [1.82, 2.24) is 5.16 Å². The monoisotopic (exact) mass is 495 g/mol. The average molecular weight is 496 g/mol. The third-order valence-corrected chi connectivity index (χ3v) is 6.40. The zero-order valence-electron chi connectivity index (χ0n) is 20.6. The molecular formula is C27H30ClN3O4. The lowest BCUT2D eigenvalue weighted by Crippen LogP contribution is -2.42. The number of aromatic nitrogens is 1. The minimum atomic E-state index is -0.664. The molecule has 7 nitrogen and oxygen atoms in total. The lowest BCUT2D eigenvalue weighted by molar-refractivity contribution is -0.127. The summed E-state index contributed by atoms with van der Waals surface area (Å²) in [5.41, 5.74) is 1.80. The first-order chi connectivity index (χ1) is 16.6. The number of nitrogens with one attached hydrogen (secondary N) is 1. The van der Waals surface area contributed by atoms with E-state index in [1.165, 1.54) is 0 Å². The van der Waals surface area contributed by atoms with Crippen LogP contribution in [-0.2, 0) is 4.79 Å². The minimum absolute atomic E-state index is 0.00346. The first kappa shape index (κ1) is 24.8. The maximum Gasteiger partial charge on any atom is 0.261 e. The second-order valence-electron chi connectivity index (χ2n) is 9.89. The lowest BCUT2D eigenvalue weighted by Gasteiger charge is -2.28. The number of amides is 2. The largest absolute Gasteiger partial charge is 0.490 e. The lowest BCUT2D eigenvalue weighted by atomic mass is 9.92. The Morgan fingerprint density at radius 3 is 2.69 bits per heavy atom. The molecule has 2 amide bonds. The van der Waals surface area contributed by atoms with Crippen LogP contribution in [0.1, 0.15) is 50.2 Å². The van der Waals surface area contributed by atoms with Crippen LogP contribution < -0.4 is 15.0 Å². The van der Waals surface area contributed by atoms with E-state index in [0.717, 1.165) is 6.42 Å². The van der Waals surface area contributed by atoms with E-state index >= 15 is 0 Å². The number of aryl methyl sites for hydroxylation is 1. The molecule has 1 aromatic heterocycles. The molecule has 1 aliphatic heterocycles. The van der Waals surface area contributed by atoms with E-state index in [1.54, 1.807) is 42.2 Å². The number of carbonyl (C=O) groups is 2. The maximum absolute atomic E-state index is 13.4. The second-order valence-corrected chi connectivity index (χ2v) is 10.3. The van der Waals surface area contributed by atoms with E-state index in [0.29, 0.717) is 57.2 Å². The molecule has 0 atom stereocenters. The number of anilines is 2. The van der Waals surface area contributed by atoms with Gasteiger partial charge in [0.25, 0.3) is 5.91 Å². The predicted octanol–water partition coefficient (Wildman–Crippen LogP) is 6.35. The van der Waals surface area contributed by atoms with Gasteiger partial charge in [0.2, 0.25) is 5.91 Å². The van der Waals surface area contributed by atoms with Gasteiger partial charge in [0.05, 0.1) is 16.1 Å². The van der Waals surface area contributed by atoms with Crippen LogP contribution in [0.4, 0.5) is 11.4 Å². The summed E-state index contributed by atoms with van der Waals surface area (Å²) in [6.45, 7) is 10.5. The molecule has 1 aliphatic rings. The SMILES string of the molecule is Cc1onc(-c2ccccc2Cl)c1C(=O)Nc1ccc2c(c1)N(CCC(C)C)C(=O)C(C)(C)CO2. The molecule has 3 aromatic rings. The van der Waals surface area contributed by atoms with Crippen molar-refractivity contribution >= 4 is 34.8 Å². The maximum atomic E-state index is 13.4. The highest BCUT2D eigenvalue weighted by Gasteiger charge is 2.38. The van der Waals surface area contributed by atoms with Crippen molar-refractivity contribution in [2.75, 3.05) is 23.4 Å². The van der Waals surface area contributed by atoms with Gasteiger partial charge in [0, 0.05) is 17.8 Å². The number of rotatable bonds is 6. The predicted molar refractivity (Wildman–Crippen MR) is 137 cm³/mol. The zero-order chi connectivity index (χ0) is 25.3. The molecule has 1 N–H and O–H groups in total. The van der Waals surface area contributed by atoms with Crippen molar-refractivity contribution in [2.45, 2.75) is 41.0 Å². The number of nitrogens with zero attached hydrogens (tertiary/aromatic N) is 2. The molecule has 2 heterocycles. The number of benzene rings is 2. The van der Waals surface area contributed by atoms with Crippen molar-refractivity contribution in [3.63, 3.8) is 0 Å². The fourth-order valence-electron chi connectivity index (χ4n) is 4.00. The van der Waals surface area contributed by atoms with Crippen molar-refractivity contribution in [3.8, 4) is 17.0 Å². The fourth-order valence-corrected chi connectivity index (χ4v) is 4.23. The molecule has 0 radical (unpaired) electrons. The second kappa shape index (κ2) is 9.74. The first-order valence-corrected chi connectivity index (χ1v) is 12.1. The normalized spacial score (nSPS) is 14.9. The molecule has 8 heteroatoms. The summed E-state index contributed by atoms with van der Waals surface area (Å²) < 4.78 is 11.3. The highest BCUT2D eigenvalue weighted by atomic mass is 35.5.